The fourth-order valence-corrected chi connectivity index (χ4v) is 4.24. The van der Waals surface area contributed by atoms with Gasteiger partial charge in [0.2, 0.25) is 0 Å². The summed E-state index contributed by atoms with van der Waals surface area (Å²) in [5.74, 6) is 0.459. The zero-order chi connectivity index (χ0) is 15.2. The molecule has 120 valence electrons. The predicted octanol–water partition coefficient (Wildman–Crippen LogP) is 0.176. The van der Waals surface area contributed by atoms with E-state index in [1.807, 2.05) is 13.8 Å². The first kappa shape index (κ1) is 17.8. The van der Waals surface area contributed by atoms with Crippen LogP contribution in [0.5, 0.6) is 0 Å². The first-order valence-electron chi connectivity index (χ1n) is 7.63. The number of hydrogen-bond acceptors (Lipinski definition) is 4. The van der Waals surface area contributed by atoms with Gasteiger partial charge in [-0.1, -0.05) is 20.8 Å². The quantitative estimate of drug-likeness (QED) is 0.728. The van der Waals surface area contributed by atoms with Gasteiger partial charge in [0.05, 0.1) is 0 Å². The molecule has 1 saturated heterocycles. The van der Waals surface area contributed by atoms with Gasteiger partial charge in [0.15, 0.2) is 0 Å². The third-order valence-corrected chi connectivity index (χ3v) is 6.06. The molecule has 1 rings (SSSR count). The Labute approximate surface area is 124 Å². The van der Waals surface area contributed by atoms with Gasteiger partial charge in [-0.15, -0.1) is 0 Å². The first-order valence-corrected chi connectivity index (χ1v) is 9.03. The van der Waals surface area contributed by atoms with E-state index in [4.69, 9.17) is 5.73 Å². The second kappa shape index (κ2) is 8.29. The fraction of sp³-hybridized carbons (Fsp3) is 1.00. The Morgan fingerprint density at radius 1 is 1.15 bits per heavy atom. The monoisotopic (exact) mass is 306 g/mol. The van der Waals surface area contributed by atoms with Crippen molar-refractivity contribution >= 4 is 10.2 Å². The van der Waals surface area contributed by atoms with Crippen molar-refractivity contribution < 1.29 is 8.42 Å². The Balaban J connectivity index is 2.63. The molecule has 0 radical (unpaired) electrons. The van der Waals surface area contributed by atoms with Crippen LogP contribution < -0.4 is 5.73 Å². The molecule has 1 fully saturated rings. The minimum absolute atomic E-state index is 0.459. The molecule has 6 nitrogen and oxygen atoms in total. The van der Waals surface area contributed by atoms with Crippen molar-refractivity contribution in [3.63, 3.8) is 0 Å². The molecule has 1 aliphatic rings. The van der Waals surface area contributed by atoms with Crippen LogP contribution in [0.1, 0.15) is 27.2 Å². The van der Waals surface area contributed by atoms with Crippen LogP contribution in [0.25, 0.3) is 0 Å². The van der Waals surface area contributed by atoms with Crippen LogP contribution in [0.3, 0.4) is 0 Å². The van der Waals surface area contributed by atoms with Crippen molar-refractivity contribution in [2.24, 2.45) is 11.7 Å². The standard InChI is InChI=1S/C13H30N4O2S/c1-4-16(5-2)20(18,19)17-8-6-7-15(9-10-17)12-13(3)11-14/h13H,4-12,14H2,1-3H3. The van der Waals surface area contributed by atoms with E-state index in [1.54, 1.807) is 4.31 Å². The van der Waals surface area contributed by atoms with Gasteiger partial charge >= 0.3 is 0 Å². The van der Waals surface area contributed by atoms with Gasteiger partial charge in [0.1, 0.15) is 0 Å². The highest BCUT2D eigenvalue weighted by atomic mass is 32.2. The van der Waals surface area contributed by atoms with Crippen LogP contribution in [0.15, 0.2) is 0 Å². The van der Waals surface area contributed by atoms with E-state index in [2.05, 4.69) is 11.8 Å². The maximum Gasteiger partial charge on any atom is 0.281 e. The molecule has 0 saturated carbocycles. The molecule has 20 heavy (non-hydrogen) atoms. The van der Waals surface area contributed by atoms with E-state index in [9.17, 15) is 8.42 Å². The molecule has 7 heteroatoms. The Morgan fingerprint density at radius 2 is 1.80 bits per heavy atom. The minimum Gasteiger partial charge on any atom is -0.330 e. The maximum absolute atomic E-state index is 12.5. The summed E-state index contributed by atoms with van der Waals surface area (Å²) in [5, 5.41) is 0. The average molecular weight is 306 g/mol. The summed E-state index contributed by atoms with van der Waals surface area (Å²) in [6.45, 7) is 11.5. The highest BCUT2D eigenvalue weighted by Crippen LogP contribution is 2.13. The largest absolute Gasteiger partial charge is 0.330 e. The third kappa shape index (κ3) is 4.66. The van der Waals surface area contributed by atoms with Gasteiger partial charge in [0, 0.05) is 39.3 Å². The number of rotatable bonds is 7. The summed E-state index contributed by atoms with van der Waals surface area (Å²) >= 11 is 0. The van der Waals surface area contributed by atoms with Crippen molar-refractivity contribution in [2.75, 3.05) is 52.4 Å². The normalized spacial score (nSPS) is 21.1. The second-order valence-electron chi connectivity index (χ2n) is 5.49. The molecule has 1 heterocycles. The SMILES string of the molecule is CCN(CC)S(=O)(=O)N1CCCN(CC(C)CN)CC1. The molecular weight excluding hydrogens is 276 g/mol. The molecule has 1 unspecified atom stereocenters. The molecule has 0 aromatic carbocycles. The van der Waals surface area contributed by atoms with E-state index < -0.39 is 10.2 Å². The minimum atomic E-state index is -3.29. The summed E-state index contributed by atoms with van der Waals surface area (Å²) in [4.78, 5) is 2.33. The van der Waals surface area contributed by atoms with Crippen molar-refractivity contribution in [1.82, 2.24) is 13.5 Å². The van der Waals surface area contributed by atoms with Gasteiger partial charge in [-0.3, -0.25) is 0 Å². The van der Waals surface area contributed by atoms with Crippen LogP contribution in [0.2, 0.25) is 0 Å². The predicted molar refractivity (Wildman–Crippen MR) is 82.7 cm³/mol. The van der Waals surface area contributed by atoms with Crippen molar-refractivity contribution in [3.05, 3.63) is 0 Å². The summed E-state index contributed by atoms with van der Waals surface area (Å²) in [5.41, 5.74) is 5.66. The van der Waals surface area contributed by atoms with E-state index >= 15 is 0 Å². The van der Waals surface area contributed by atoms with Gasteiger partial charge in [-0.2, -0.15) is 17.0 Å². The molecule has 2 N–H and O–H groups in total. The molecule has 0 spiro atoms. The molecule has 1 atom stereocenters. The molecule has 0 aromatic heterocycles. The zero-order valence-corrected chi connectivity index (χ0v) is 13.9. The van der Waals surface area contributed by atoms with Crippen LogP contribution in [0.4, 0.5) is 0 Å². The Bertz CT molecular complexity index is 371. The smallest absolute Gasteiger partial charge is 0.281 e. The molecule has 0 aromatic rings. The lowest BCUT2D eigenvalue weighted by molar-refractivity contribution is 0.249. The number of nitrogens with two attached hydrogens (primary N) is 1. The second-order valence-corrected chi connectivity index (χ2v) is 7.41. The zero-order valence-electron chi connectivity index (χ0n) is 13.1. The van der Waals surface area contributed by atoms with Crippen LogP contribution >= 0.6 is 0 Å². The summed E-state index contributed by atoms with van der Waals surface area (Å²) in [6.07, 6.45) is 0.887. The Morgan fingerprint density at radius 3 is 2.35 bits per heavy atom. The molecule has 1 aliphatic heterocycles. The molecule has 0 bridgehead atoms. The van der Waals surface area contributed by atoms with Gasteiger partial charge in [0.25, 0.3) is 10.2 Å². The summed E-state index contributed by atoms with van der Waals surface area (Å²) in [7, 11) is -3.29. The summed E-state index contributed by atoms with van der Waals surface area (Å²) in [6, 6.07) is 0. The van der Waals surface area contributed by atoms with Crippen molar-refractivity contribution in [3.8, 4) is 0 Å². The highest BCUT2D eigenvalue weighted by Gasteiger charge is 2.29. The number of hydrogen-bond donors (Lipinski definition) is 1. The average Bonchev–Trinajstić information content (AvgIpc) is 2.65. The highest BCUT2D eigenvalue weighted by molar-refractivity contribution is 7.86. The maximum atomic E-state index is 12.5. The van der Waals surface area contributed by atoms with Crippen LogP contribution in [-0.4, -0.2) is 74.3 Å². The number of nitrogens with zero attached hydrogens (tertiary/aromatic N) is 3. The lowest BCUT2D eigenvalue weighted by Gasteiger charge is -2.28. The molecular formula is C13H30N4O2S. The van der Waals surface area contributed by atoms with Gasteiger partial charge in [-0.25, -0.2) is 0 Å². The van der Waals surface area contributed by atoms with Gasteiger partial charge < -0.3 is 10.6 Å². The topological polar surface area (TPSA) is 69.9 Å². The lowest BCUT2D eigenvalue weighted by atomic mass is 10.1. The van der Waals surface area contributed by atoms with Crippen molar-refractivity contribution in [2.45, 2.75) is 27.2 Å². The van der Waals surface area contributed by atoms with Crippen LogP contribution in [0, 0.1) is 5.92 Å². The van der Waals surface area contributed by atoms with E-state index in [-0.39, 0.29) is 0 Å². The lowest BCUT2D eigenvalue weighted by Crippen LogP contribution is -2.45. The fourth-order valence-electron chi connectivity index (χ4n) is 2.59. The van der Waals surface area contributed by atoms with Gasteiger partial charge in [-0.05, 0) is 25.4 Å². The van der Waals surface area contributed by atoms with E-state index in [0.717, 1.165) is 26.1 Å². The van der Waals surface area contributed by atoms with Crippen LogP contribution in [-0.2, 0) is 10.2 Å². The third-order valence-electron chi connectivity index (χ3n) is 3.88. The van der Waals surface area contributed by atoms with E-state index in [0.29, 0.717) is 38.6 Å². The van der Waals surface area contributed by atoms with Crippen molar-refractivity contribution in [1.29, 1.82) is 0 Å². The molecule has 0 aliphatic carbocycles. The Kier molecular flexibility index (Phi) is 7.39. The molecule has 0 amide bonds. The Hall–Kier alpha value is -0.210. The van der Waals surface area contributed by atoms with E-state index in [1.165, 1.54) is 4.31 Å². The first-order chi connectivity index (χ1) is 9.45. The summed E-state index contributed by atoms with van der Waals surface area (Å²) < 4.78 is 28.2.